The molecule has 2 atom stereocenters. The van der Waals surface area contributed by atoms with Crippen LogP contribution in [0.4, 0.5) is 0 Å². The van der Waals surface area contributed by atoms with Crippen molar-refractivity contribution >= 4 is 15.6 Å². The molecule has 158 valence electrons. The highest BCUT2D eigenvalue weighted by Gasteiger charge is 2.33. The number of furan rings is 1. The number of para-hydroxylation sites is 1. The van der Waals surface area contributed by atoms with Crippen LogP contribution in [-0.2, 0) is 16.4 Å². The van der Waals surface area contributed by atoms with E-state index in [-0.39, 0.29) is 36.5 Å². The molecule has 8 heteroatoms. The van der Waals surface area contributed by atoms with E-state index in [0.717, 1.165) is 11.5 Å². The number of sulfone groups is 1. The lowest BCUT2D eigenvalue weighted by molar-refractivity contribution is 0.0492. The van der Waals surface area contributed by atoms with E-state index in [1.54, 1.807) is 24.3 Å². The van der Waals surface area contributed by atoms with Crippen molar-refractivity contribution in [3.05, 3.63) is 53.5 Å². The summed E-state index contributed by atoms with van der Waals surface area (Å²) >= 11 is 0. The normalized spacial score (nSPS) is 19.4. The predicted molar refractivity (Wildman–Crippen MR) is 109 cm³/mol. The van der Waals surface area contributed by atoms with E-state index in [2.05, 4.69) is 0 Å². The standard InChI is InChI=1S/C21H27NO6S/c1-15-7-8-19(28-15)12-22(17-9-10-29(25,26)14-17)11-18(24)13-27-21-6-4-3-5-20(21)16(2)23/h3-8,17-18,24H,9-14H2,1-2H3. The highest BCUT2D eigenvalue weighted by molar-refractivity contribution is 7.91. The molecule has 1 aromatic heterocycles. The molecule has 7 nitrogen and oxygen atoms in total. The first-order valence-corrected chi connectivity index (χ1v) is 11.5. The summed E-state index contributed by atoms with van der Waals surface area (Å²) in [6.07, 6.45) is -0.322. The van der Waals surface area contributed by atoms with Gasteiger partial charge in [0.15, 0.2) is 15.6 Å². The first kappa shape index (κ1) is 21.5. The smallest absolute Gasteiger partial charge is 0.163 e. The van der Waals surface area contributed by atoms with Crippen molar-refractivity contribution in [2.24, 2.45) is 0 Å². The van der Waals surface area contributed by atoms with Crippen LogP contribution in [0.25, 0.3) is 0 Å². The van der Waals surface area contributed by atoms with Gasteiger partial charge in [-0.15, -0.1) is 0 Å². The summed E-state index contributed by atoms with van der Waals surface area (Å²) in [7, 11) is -3.06. The van der Waals surface area contributed by atoms with Gasteiger partial charge in [0.25, 0.3) is 0 Å². The summed E-state index contributed by atoms with van der Waals surface area (Å²) in [6.45, 7) is 3.96. The zero-order valence-electron chi connectivity index (χ0n) is 16.7. The number of ketones is 1. The zero-order chi connectivity index (χ0) is 21.0. The van der Waals surface area contributed by atoms with E-state index in [1.165, 1.54) is 6.92 Å². The minimum atomic E-state index is -3.06. The second-order valence-corrected chi connectivity index (χ2v) is 9.74. The van der Waals surface area contributed by atoms with E-state index in [1.807, 2.05) is 24.0 Å². The van der Waals surface area contributed by atoms with Crippen LogP contribution in [0.2, 0.25) is 0 Å². The fourth-order valence-electron chi connectivity index (χ4n) is 3.57. The molecular weight excluding hydrogens is 394 g/mol. The van der Waals surface area contributed by atoms with Crippen molar-refractivity contribution in [2.45, 2.75) is 39.0 Å². The Morgan fingerprint density at radius 2 is 2.07 bits per heavy atom. The fraction of sp³-hybridized carbons (Fsp3) is 0.476. The maximum Gasteiger partial charge on any atom is 0.163 e. The lowest BCUT2D eigenvalue weighted by Gasteiger charge is -2.29. The largest absolute Gasteiger partial charge is 0.490 e. The van der Waals surface area contributed by atoms with Gasteiger partial charge in [-0.2, -0.15) is 0 Å². The maximum absolute atomic E-state index is 11.9. The number of aliphatic hydroxyl groups is 1. The van der Waals surface area contributed by atoms with Crippen LogP contribution >= 0.6 is 0 Å². The van der Waals surface area contributed by atoms with Gasteiger partial charge in [0.05, 0.1) is 23.6 Å². The molecule has 1 saturated heterocycles. The molecule has 1 aliphatic rings. The minimum Gasteiger partial charge on any atom is -0.490 e. The Labute approximate surface area is 171 Å². The van der Waals surface area contributed by atoms with Crippen LogP contribution in [0.15, 0.2) is 40.8 Å². The third-order valence-corrected chi connectivity index (χ3v) is 6.77. The predicted octanol–water partition coefficient (Wildman–Crippen LogP) is 2.22. The summed E-state index contributed by atoms with van der Waals surface area (Å²) in [4.78, 5) is 13.6. The van der Waals surface area contributed by atoms with E-state index in [0.29, 0.717) is 24.3 Å². The Balaban J connectivity index is 1.66. The SMILES string of the molecule is CC(=O)c1ccccc1OCC(O)CN(Cc1ccc(C)o1)C1CCS(=O)(=O)C1. The van der Waals surface area contributed by atoms with E-state index in [9.17, 15) is 18.3 Å². The van der Waals surface area contributed by atoms with Crippen LogP contribution in [-0.4, -0.2) is 61.0 Å². The molecule has 0 bridgehead atoms. The van der Waals surface area contributed by atoms with Gasteiger partial charge in [-0.05, 0) is 44.5 Å². The van der Waals surface area contributed by atoms with Gasteiger partial charge >= 0.3 is 0 Å². The Morgan fingerprint density at radius 1 is 1.31 bits per heavy atom. The number of aryl methyl sites for hydroxylation is 1. The number of hydrogen-bond donors (Lipinski definition) is 1. The Bertz CT molecular complexity index is 952. The third kappa shape index (κ3) is 5.91. The number of rotatable bonds is 9. The van der Waals surface area contributed by atoms with Crippen molar-refractivity contribution in [3.63, 3.8) is 0 Å². The minimum absolute atomic E-state index is 0.00253. The Morgan fingerprint density at radius 3 is 2.69 bits per heavy atom. The number of nitrogens with zero attached hydrogens (tertiary/aromatic N) is 1. The van der Waals surface area contributed by atoms with Crippen LogP contribution in [0.1, 0.15) is 35.2 Å². The zero-order valence-corrected chi connectivity index (χ0v) is 17.5. The van der Waals surface area contributed by atoms with Gasteiger partial charge in [-0.1, -0.05) is 12.1 Å². The summed E-state index contributed by atoms with van der Waals surface area (Å²) in [5.41, 5.74) is 0.463. The first-order chi connectivity index (χ1) is 13.7. The van der Waals surface area contributed by atoms with Crippen molar-refractivity contribution in [1.82, 2.24) is 4.90 Å². The Hall–Kier alpha value is -2.16. The molecule has 0 amide bonds. The average molecular weight is 422 g/mol. The lowest BCUT2D eigenvalue weighted by atomic mass is 10.1. The molecule has 2 unspecified atom stereocenters. The number of ether oxygens (including phenoxy) is 1. The summed E-state index contributed by atoms with van der Waals surface area (Å²) in [5, 5.41) is 10.6. The van der Waals surface area contributed by atoms with Crippen molar-refractivity contribution in [1.29, 1.82) is 0 Å². The summed E-state index contributed by atoms with van der Waals surface area (Å²) < 4.78 is 35.2. The fourth-order valence-corrected chi connectivity index (χ4v) is 5.33. The molecule has 1 aliphatic heterocycles. The monoisotopic (exact) mass is 421 g/mol. The molecule has 2 aromatic rings. The number of carbonyl (C=O) groups is 1. The van der Waals surface area contributed by atoms with Crippen LogP contribution < -0.4 is 4.74 Å². The summed E-state index contributed by atoms with van der Waals surface area (Å²) in [5.74, 6) is 2.06. The van der Waals surface area contributed by atoms with Gasteiger partial charge in [0, 0.05) is 12.6 Å². The van der Waals surface area contributed by atoms with Gasteiger partial charge in [-0.25, -0.2) is 8.42 Å². The molecule has 1 N–H and O–H groups in total. The second kappa shape index (κ2) is 9.11. The van der Waals surface area contributed by atoms with Crippen LogP contribution in [0.5, 0.6) is 5.75 Å². The summed E-state index contributed by atoms with van der Waals surface area (Å²) in [6, 6.07) is 10.4. The topological polar surface area (TPSA) is 97.1 Å². The van der Waals surface area contributed by atoms with Crippen molar-refractivity contribution in [2.75, 3.05) is 24.7 Å². The van der Waals surface area contributed by atoms with E-state index >= 15 is 0 Å². The molecule has 0 aliphatic carbocycles. The molecule has 29 heavy (non-hydrogen) atoms. The number of carbonyl (C=O) groups excluding carboxylic acids is 1. The van der Waals surface area contributed by atoms with Crippen molar-refractivity contribution in [3.8, 4) is 5.75 Å². The molecule has 1 fully saturated rings. The lowest BCUT2D eigenvalue weighted by Crippen LogP contribution is -2.42. The highest BCUT2D eigenvalue weighted by Crippen LogP contribution is 2.22. The van der Waals surface area contributed by atoms with Crippen LogP contribution in [0.3, 0.4) is 0 Å². The van der Waals surface area contributed by atoms with Gasteiger partial charge in [-0.3, -0.25) is 9.69 Å². The number of Topliss-reactive ketones (excluding diaryl/α,β-unsaturated/α-hetero) is 1. The van der Waals surface area contributed by atoms with Gasteiger partial charge in [0.1, 0.15) is 30.0 Å². The number of aliphatic hydroxyl groups excluding tert-OH is 1. The molecule has 0 spiro atoms. The maximum atomic E-state index is 11.9. The molecular formula is C21H27NO6S. The average Bonchev–Trinajstić information content (AvgIpc) is 3.24. The van der Waals surface area contributed by atoms with Crippen LogP contribution in [0, 0.1) is 6.92 Å². The third-order valence-electron chi connectivity index (χ3n) is 5.02. The van der Waals surface area contributed by atoms with E-state index < -0.39 is 15.9 Å². The second-order valence-electron chi connectivity index (χ2n) is 7.52. The quantitative estimate of drug-likeness (QED) is 0.620. The Kier molecular flexibility index (Phi) is 6.77. The molecule has 1 aromatic carbocycles. The van der Waals surface area contributed by atoms with E-state index in [4.69, 9.17) is 9.15 Å². The van der Waals surface area contributed by atoms with Crippen molar-refractivity contribution < 1.29 is 27.5 Å². The molecule has 0 saturated carbocycles. The first-order valence-electron chi connectivity index (χ1n) is 9.64. The number of hydrogen-bond acceptors (Lipinski definition) is 7. The highest BCUT2D eigenvalue weighted by atomic mass is 32.2. The van der Waals surface area contributed by atoms with Gasteiger partial charge < -0.3 is 14.3 Å². The molecule has 2 heterocycles. The van der Waals surface area contributed by atoms with Gasteiger partial charge in [0.2, 0.25) is 0 Å². The number of benzene rings is 1. The molecule has 0 radical (unpaired) electrons. The molecule has 3 rings (SSSR count).